The SMILES string of the molecule is Cc1cc(OCC(=O)Nc2nc(-c3ccccn3)cs2)ccc1C(C)C. The fourth-order valence-electron chi connectivity index (χ4n) is 2.65. The maximum Gasteiger partial charge on any atom is 0.264 e. The Kier molecular flexibility index (Phi) is 5.63. The van der Waals surface area contributed by atoms with Crippen molar-refractivity contribution in [1.82, 2.24) is 9.97 Å². The molecule has 26 heavy (non-hydrogen) atoms. The molecule has 3 aromatic rings. The Hall–Kier alpha value is -2.73. The van der Waals surface area contributed by atoms with Gasteiger partial charge in [0.15, 0.2) is 11.7 Å². The number of aromatic nitrogens is 2. The van der Waals surface area contributed by atoms with Crippen LogP contribution in [0.25, 0.3) is 11.4 Å². The number of benzene rings is 1. The highest BCUT2D eigenvalue weighted by Gasteiger charge is 2.10. The lowest BCUT2D eigenvalue weighted by molar-refractivity contribution is -0.118. The highest BCUT2D eigenvalue weighted by atomic mass is 32.1. The molecule has 0 saturated carbocycles. The number of ether oxygens (including phenoxy) is 1. The summed E-state index contributed by atoms with van der Waals surface area (Å²) in [6.07, 6.45) is 1.72. The van der Waals surface area contributed by atoms with Crippen molar-refractivity contribution in [1.29, 1.82) is 0 Å². The monoisotopic (exact) mass is 367 g/mol. The van der Waals surface area contributed by atoms with Gasteiger partial charge in [-0.25, -0.2) is 4.98 Å². The van der Waals surface area contributed by atoms with Gasteiger partial charge in [-0.1, -0.05) is 26.0 Å². The highest BCUT2D eigenvalue weighted by Crippen LogP contribution is 2.24. The number of thiazole rings is 1. The van der Waals surface area contributed by atoms with Crippen LogP contribution < -0.4 is 10.1 Å². The van der Waals surface area contributed by atoms with E-state index in [9.17, 15) is 4.79 Å². The summed E-state index contributed by atoms with van der Waals surface area (Å²) in [4.78, 5) is 20.7. The Bertz CT molecular complexity index is 891. The average molecular weight is 367 g/mol. The number of amides is 1. The smallest absolute Gasteiger partial charge is 0.264 e. The molecule has 1 N–H and O–H groups in total. The molecule has 2 heterocycles. The van der Waals surface area contributed by atoms with Crippen molar-refractivity contribution in [2.24, 2.45) is 0 Å². The van der Waals surface area contributed by atoms with Gasteiger partial charge in [0.25, 0.3) is 5.91 Å². The molecule has 0 aliphatic carbocycles. The Morgan fingerprint density at radius 2 is 2.08 bits per heavy atom. The molecule has 0 saturated heterocycles. The summed E-state index contributed by atoms with van der Waals surface area (Å²) in [5.41, 5.74) is 3.97. The lowest BCUT2D eigenvalue weighted by Gasteiger charge is -2.12. The molecule has 0 unspecified atom stereocenters. The van der Waals surface area contributed by atoms with Gasteiger partial charge in [0.1, 0.15) is 11.4 Å². The molecule has 0 fully saturated rings. The Labute approximate surface area is 157 Å². The number of anilines is 1. The zero-order valence-corrected chi connectivity index (χ0v) is 15.8. The first-order valence-electron chi connectivity index (χ1n) is 8.43. The molecule has 1 aromatic carbocycles. The predicted octanol–water partition coefficient (Wildman–Crippen LogP) is 4.65. The van der Waals surface area contributed by atoms with E-state index in [0.717, 1.165) is 17.0 Å². The zero-order valence-electron chi connectivity index (χ0n) is 15.0. The lowest BCUT2D eigenvalue weighted by atomic mass is 9.98. The third-order valence-electron chi connectivity index (χ3n) is 3.91. The standard InChI is InChI=1S/C20H21N3O2S/c1-13(2)16-8-7-15(10-14(16)3)25-11-19(24)23-20-22-18(12-26-20)17-6-4-5-9-21-17/h4-10,12-13H,11H2,1-3H3,(H,22,23,24). The van der Waals surface area contributed by atoms with Crippen LogP contribution in [-0.4, -0.2) is 22.5 Å². The van der Waals surface area contributed by atoms with Gasteiger partial charge in [-0.2, -0.15) is 0 Å². The van der Waals surface area contributed by atoms with Gasteiger partial charge in [0.05, 0.1) is 5.69 Å². The predicted molar refractivity (Wildman–Crippen MR) is 105 cm³/mol. The first-order valence-corrected chi connectivity index (χ1v) is 9.31. The zero-order chi connectivity index (χ0) is 18.5. The van der Waals surface area contributed by atoms with Gasteiger partial charge in [0, 0.05) is 11.6 Å². The van der Waals surface area contributed by atoms with Crippen LogP contribution in [0.2, 0.25) is 0 Å². The number of nitrogens with zero attached hydrogens (tertiary/aromatic N) is 2. The minimum absolute atomic E-state index is 0.0566. The number of hydrogen-bond donors (Lipinski definition) is 1. The second kappa shape index (κ2) is 8.10. The summed E-state index contributed by atoms with van der Waals surface area (Å²) < 4.78 is 5.60. The second-order valence-corrected chi connectivity index (χ2v) is 7.12. The van der Waals surface area contributed by atoms with Crippen LogP contribution in [-0.2, 0) is 4.79 Å². The number of pyridine rings is 1. The summed E-state index contributed by atoms with van der Waals surface area (Å²) in [6.45, 7) is 6.31. The van der Waals surface area contributed by atoms with Crippen molar-refractivity contribution >= 4 is 22.4 Å². The number of rotatable bonds is 6. The largest absolute Gasteiger partial charge is 0.484 e. The normalized spacial score (nSPS) is 10.8. The van der Waals surface area contributed by atoms with E-state index in [1.54, 1.807) is 6.20 Å². The van der Waals surface area contributed by atoms with Crippen molar-refractivity contribution in [2.45, 2.75) is 26.7 Å². The molecule has 0 aliphatic rings. The van der Waals surface area contributed by atoms with Crippen LogP contribution in [0.4, 0.5) is 5.13 Å². The summed E-state index contributed by atoms with van der Waals surface area (Å²) in [7, 11) is 0. The first kappa shape index (κ1) is 18.1. The number of carbonyl (C=O) groups is 1. The molecule has 1 amide bonds. The number of hydrogen-bond acceptors (Lipinski definition) is 5. The molecular weight excluding hydrogens is 346 g/mol. The van der Waals surface area contributed by atoms with Crippen molar-refractivity contribution in [3.63, 3.8) is 0 Å². The lowest BCUT2D eigenvalue weighted by Crippen LogP contribution is -2.20. The van der Waals surface area contributed by atoms with E-state index in [1.165, 1.54) is 16.9 Å². The molecule has 0 spiro atoms. The minimum Gasteiger partial charge on any atom is -0.484 e. The van der Waals surface area contributed by atoms with E-state index in [0.29, 0.717) is 16.8 Å². The van der Waals surface area contributed by atoms with E-state index in [2.05, 4.69) is 36.1 Å². The highest BCUT2D eigenvalue weighted by molar-refractivity contribution is 7.14. The van der Waals surface area contributed by atoms with E-state index in [-0.39, 0.29) is 12.5 Å². The van der Waals surface area contributed by atoms with Crippen molar-refractivity contribution in [3.8, 4) is 17.1 Å². The van der Waals surface area contributed by atoms with Crippen LogP contribution in [0, 0.1) is 6.92 Å². The third kappa shape index (κ3) is 4.46. The fourth-order valence-corrected chi connectivity index (χ4v) is 3.37. The van der Waals surface area contributed by atoms with E-state index < -0.39 is 0 Å². The van der Waals surface area contributed by atoms with E-state index in [1.807, 2.05) is 41.8 Å². The van der Waals surface area contributed by atoms with Crippen LogP contribution in [0.15, 0.2) is 48.0 Å². The average Bonchev–Trinajstić information content (AvgIpc) is 3.09. The molecule has 134 valence electrons. The van der Waals surface area contributed by atoms with Crippen LogP contribution >= 0.6 is 11.3 Å². The maximum atomic E-state index is 12.1. The van der Waals surface area contributed by atoms with Crippen LogP contribution in [0.5, 0.6) is 5.75 Å². The number of aryl methyl sites for hydroxylation is 1. The number of carbonyl (C=O) groups excluding carboxylic acids is 1. The van der Waals surface area contributed by atoms with Crippen molar-refractivity contribution < 1.29 is 9.53 Å². The van der Waals surface area contributed by atoms with Gasteiger partial charge >= 0.3 is 0 Å². The molecule has 0 aliphatic heterocycles. The molecule has 0 atom stereocenters. The fraction of sp³-hybridized carbons (Fsp3) is 0.250. The van der Waals surface area contributed by atoms with Crippen LogP contribution in [0.1, 0.15) is 30.9 Å². The Morgan fingerprint density at radius 1 is 1.23 bits per heavy atom. The van der Waals surface area contributed by atoms with Gasteiger partial charge in [-0.15, -0.1) is 11.3 Å². The molecule has 2 aromatic heterocycles. The van der Waals surface area contributed by atoms with Gasteiger partial charge in [-0.05, 0) is 48.2 Å². The quantitative estimate of drug-likeness (QED) is 0.688. The van der Waals surface area contributed by atoms with Gasteiger partial charge < -0.3 is 4.74 Å². The summed E-state index contributed by atoms with van der Waals surface area (Å²) >= 11 is 1.36. The summed E-state index contributed by atoms with van der Waals surface area (Å²) in [5, 5.41) is 5.16. The molecule has 5 nitrogen and oxygen atoms in total. The van der Waals surface area contributed by atoms with Gasteiger partial charge in [0.2, 0.25) is 0 Å². The maximum absolute atomic E-state index is 12.1. The van der Waals surface area contributed by atoms with Gasteiger partial charge in [-0.3, -0.25) is 15.1 Å². The Morgan fingerprint density at radius 3 is 2.77 bits per heavy atom. The summed E-state index contributed by atoms with van der Waals surface area (Å²) in [5.74, 6) is 0.915. The van der Waals surface area contributed by atoms with E-state index in [4.69, 9.17) is 4.74 Å². The minimum atomic E-state index is -0.238. The molecule has 6 heteroatoms. The first-order chi connectivity index (χ1) is 12.5. The molecule has 3 rings (SSSR count). The molecule has 0 radical (unpaired) electrons. The summed E-state index contributed by atoms with van der Waals surface area (Å²) in [6, 6.07) is 11.6. The number of nitrogens with one attached hydrogen (secondary N) is 1. The topological polar surface area (TPSA) is 64.1 Å². The molecular formula is C20H21N3O2S. The third-order valence-corrected chi connectivity index (χ3v) is 4.67. The second-order valence-electron chi connectivity index (χ2n) is 6.26. The van der Waals surface area contributed by atoms with Crippen molar-refractivity contribution in [3.05, 3.63) is 59.1 Å². The van der Waals surface area contributed by atoms with Crippen molar-refractivity contribution in [2.75, 3.05) is 11.9 Å². The molecule has 0 bridgehead atoms. The van der Waals surface area contributed by atoms with E-state index >= 15 is 0 Å². The van der Waals surface area contributed by atoms with Crippen LogP contribution in [0.3, 0.4) is 0 Å². The Balaban J connectivity index is 1.56.